The number of thioether (sulfide) groups is 1. The van der Waals surface area contributed by atoms with E-state index in [0.29, 0.717) is 22.9 Å². The number of benzene rings is 1. The van der Waals surface area contributed by atoms with Crippen LogP contribution >= 0.6 is 11.8 Å². The molecule has 0 aromatic heterocycles. The summed E-state index contributed by atoms with van der Waals surface area (Å²) in [5, 5.41) is 2.62. The third-order valence-corrected chi connectivity index (χ3v) is 5.69. The minimum Gasteiger partial charge on any atom is -0.325 e. The van der Waals surface area contributed by atoms with Crippen LogP contribution in [-0.2, 0) is 19.6 Å². The Morgan fingerprint density at radius 3 is 2.73 bits per heavy atom. The number of rotatable bonds is 5. The molecule has 1 aromatic rings. The van der Waals surface area contributed by atoms with Gasteiger partial charge >= 0.3 is 0 Å². The van der Waals surface area contributed by atoms with Gasteiger partial charge in [-0.3, -0.25) is 9.59 Å². The maximum absolute atomic E-state index is 12.0. The van der Waals surface area contributed by atoms with Crippen molar-refractivity contribution >= 4 is 39.3 Å². The molecule has 22 heavy (non-hydrogen) atoms. The number of carbonyl (C=O) groups excluding carboxylic acids is 2. The topological polar surface area (TPSA) is 95.6 Å². The molecule has 0 unspecified atom stereocenters. The fraction of sp³-hybridized carbons (Fsp3) is 0.385. The fourth-order valence-electron chi connectivity index (χ4n) is 1.99. The van der Waals surface area contributed by atoms with Gasteiger partial charge in [-0.15, -0.1) is 11.8 Å². The molecule has 0 saturated carbocycles. The molecule has 0 spiro atoms. The van der Waals surface area contributed by atoms with Gasteiger partial charge in [0.15, 0.2) is 0 Å². The maximum Gasteiger partial charge on any atom is 0.244 e. The van der Waals surface area contributed by atoms with E-state index in [1.807, 2.05) is 0 Å². The number of anilines is 1. The summed E-state index contributed by atoms with van der Waals surface area (Å²) in [6.45, 7) is 1.64. The summed E-state index contributed by atoms with van der Waals surface area (Å²) in [5.74, 6) is 0.469. The number of hydrogen-bond donors (Lipinski definition) is 2. The van der Waals surface area contributed by atoms with Crippen molar-refractivity contribution in [3.05, 3.63) is 23.8 Å². The van der Waals surface area contributed by atoms with Gasteiger partial charge in [-0.1, -0.05) is 6.07 Å². The molecule has 0 bridgehead atoms. The van der Waals surface area contributed by atoms with Gasteiger partial charge in [-0.05, 0) is 31.7 Å². The van der Waals surface area contributed by atoms with Crippen LogP contribution in [0.2, 0.25) is 0 Å². The summed E-state index contributed by atoms with van der Waals surface area (Å²) >= 11 is 1.46. The van der Waals surface area contributed by atoms with Gasteiger partial charge in [0.2, 0.25) is 21.8 Å². The van der Waals surface area contributed by atoms with Crippen molar-refractivity contribution in [1.82, 2.24) is 9.62 Å². The third-order valence-electron chi connectivity index (χ3n) is 3.19. The molecule has 1 fully saturated rings. The van der Waals surface area contributed by atoms with Gasteiger partial charge < -0.3 is 10.2 Å². The highest BCUT2D eigenvalue weighted by atomic mass is 32.2. The maximum atomic E-state index is 12.0. The van der Waals surface area contributed by atoms with Crippen molar-refractivity contribution in [3.8, 4) is 0 Å². The highest BCUT2D eigenvalue weighted by molar-refractivity contribution is 8.00. The molecule has 2 amide bonds. The molecule has 7 nitrogen and oxygen atoms in total. The molecule has 9 heteroatoms. The van der Waals surface area contributed by atoms with Crippen LogP contribution < -0.4 is 10.0 Å². The lowest BCUT2D eigenvalue weighted by Crippen LogP contribution is -2.34. The summed E-state index contributed by atoms with van der Waals surface area (Å²) in [4.78, 5) is 25.0. The number of carbonyl (C=O) groups is 2. The lowest BCUT2D eigenvalue weighted by atomic mass is 10.2. The van der Waals surface area contributed by atoms with Crippen LogP contribution in [0.15, 0.2) is 23.1 Å². The van der Waals surface area contributed by atoms with Crippen molar-refractivity contribution < 1.29 is 18.0 Å². The van der Waals surface area contributed by atoms with Crippen LogP contribution in [-0.4, -0.2) is 50.4 Å². The molecule has 1 aromatic carbocycles. The Morgan fingerprint density at radius 2 is 2.14 bits per heavy atom. The molecule has 1 aliphatic heterocycles. The Balaban J connectivity index is 2.11. The Kier molecular flexibility index (Phi) is 5.09. The first kappa shape index (κ1) is 16.8. The van der Waals surface area contributed by atoms with E-state index in [4.69, 9.17) is 0 Å². The van der Waals surface area contributed by atoms with Crippen LogP contribution in [0.3, 0.4) is 0 Å². The third kappa shape index (κ3) is 3.79. The van der Waals surface area contributed by atoms with Gasteiger partial charge in [0, 0.05) is 5.69 Å². The van der Waals surface area contributed by atoms with E-state index in [1.165, 1.54) is 29.8 Å². The summed E-state index contributed by atoms with van der Waals surface area (Å²) in [7, 11) is -2.26. The molecule has 0 atom stereocenters. The minimum atomic E-state index is -3.59. The summed E-state index contributed by atoms with van der Waals surface area (Å²) in [6.07, 6.45) is 0. The largest absolute Gasteiger partial charge is 0.325 e. The van der Waals surface area contributed by atoms with Crippen molar-refractivity contribution in [3.63, 3.8) is 0 Å². The highest BCUT2D eigenvalue weighted by Crippen LogP contribution is 2.20. The highest BCUT2D eigenvalue weighted by Gasteiger charge is 2.23. The monoisotopic (exact) mass is 343 g/mol. The van der Waals surface area contributed by atoms with E-state index in [-0.39, 0.29) is 23.3 Å². The van der Waals surface area contributed by atoms with E-state index < -0.39 is 10.0 Å². The molecule has 0 aliphatic carbocycles. The second-order valence-electron chi connectivity index (χ2n) is 4.81. The average molecular weight is 343 g/mol. The second kappa shape index (κ2) is 6.67. The predicted molar refractivity (Wildman–Crippen MR) is 85.1 cm³/mol. The smallest absolute Gasteiger partial charge is 0.244 e. The SMILES string of the molecule is CNS(=O)(=O)c1cc(NC(=O)CN2CSCC2=O)ccc1C. The lowest BCUT2D eigenvalue weighted by Gasteiger charge is -2.15. The minimum absolute atomic E-state index is 0.0339. The Bertz CT molecular complexity index is 703. The number of amides is 2. The predicted octanol–water partition coefficient (Wildman–Crippen LogP) is 0.375. The Labute approximate surface area is 133 Å². The molecule has 120 valence electrons. The van der Waals surface area contributed by atoms with Gasteiger partial charge in [0.1, 0.15) is 6.54 Å². The summed E-state index contributed by atoms with van der Waals surface area (Å²) < 4.78 is 26.1. The first-order valence-electron chi connectivity index (χ1n) is 6.53. The number of aryl methyl sites for hydroxylation is 1. The van der Waals surface area contributed by atoms with Crippen molar-refractivity contribution in [2.24, 2.45) is 0 Å². The molecule has 1 aliphatic rings. The van der Waals surface area contributed by atoms with Crippen molar-refractivity contribution in [1.29, 1.82) is 0 Å². The number of nitrogens with zero attached hydrogens (tertiary/aromatic N) is 1. The van der Waals surface area contributed by atoms with Gasteiger partial charge in [-0.25, -0.2) is 13.1 Å². The van der Waals surface area contributed by atoms with E-state index in [0.717, 1.165) is 0 Å². The van der Waals surface area contributed by atoms with Gasteiger partial charge in [-0.2, -0.15) is 0 Å². The van der Waals surface area contributed by atoms with Crippen molar-refractivity contribution in [2.75, 3.05) is 30.5 Å². The van der Waals surface area contributed by atoms with Gasteiger partial charge in [0.05, 0.1) is 16.5 Å². The first-order valence-corrected chi connectivity index (χ1v) is 9.17. The molecule has 2 rings (SSSR count). The van der Waals surface area contributed by atoms with E-state index in [9.17, 15) is 18.0 Å². The molecular weight excluding hydrogens is 326 g/mol. The number of hydrogen-bond acceptors (Lipinski definition) is 5. The summed E-state index contributed by atoms with van der Waals surface area (Å²) in [6, 6.07) is 4.65. The van der Waals surface area contributed by atoms with Crippen LogP contribution in [0.1, 0.15) is 5.56 Å². The quantitative estimate of drug-likeness (QED) is 0.806. The standard InChI is InChI=1S/C13H17N3O4S2/c1-9-3-4-10(5-11(9)22(19,20)14-2)15-12(17)6-16-8-21-7-13(16)18/h3-5,14H,6-8H2,1-2H3,(H,15,17). The van der Waals surface area contributed by atoms with Crippen LogP contribution in [0.5, 0.6) is 0 Å². The first-order chi connectivity index (χ1) is 10.3. The number of sulfonamides is 1. The molecule has 2 N–H and O–H groups in total. The Hall–Kier alpha value is -1.58. The summed E-state index contributed by atoms with van der Waals surface area (Å²) in [5.41, 5.74) is 0.960. The number of nitrogens with one attached hydrogen (secondary N) is 2. The second-order valence-corrected chi connectivity index (χ2v) is 7.62. The zero-order valence-corrected chi connectivity index (χ0v) is 13.9. The molecule has 1 saturated heterocycles. The van der Waals surface area contributed by atoms with Gasteiger partial charge in [0.25, 0.3) is 0 Å². The molecule has 0 radical (unpaired) electrons. The fourth-order valence-corrected chi connectivity index (χ4v) is 3.89. The van der Waals surface area contributed by atoms with Crippen LogP contribution in [0.25, 0.3) is 0 Å². The zero-order valence-electron chi connectivity index (χ0n) is 12.3. The van der Waals surface area contributed by atoms with Crippen LogP contribution in [0, 0.1) is 6.92 Å². The Morgan fingerprint density at radius 1 is 1.41 bits per heavy atom. The normalized spacial score (nSPS) is 15.2. The van der Waals surface area contributed by atoms with Crippen LogP contribution in [0.4, 0.5) is 5.69 Å². The molecular formula is C13H17N3O4S2. The van der Waals surface area contributed by atoms with E-state index >= 15 is 0 Å². The molecule has 1 heterocycles. The lowest BCUT2D eigenvalue weighted by molar-refractivity contribution is -0.130. The van der Waals surface area contributed by atoms with E-state index in [2.05, 4.69) is 10.0 Å². The average Bonchev–Trinajstić information content (AvgIpc) is 2.86. The zero-order chi connectivity index (χ0) is 16.3. The van der Waals surface area contributed by atoms with E-state index in [1.54, 1.807) is 19.1 Å². The van der Waals surface area contributed by atoms with Crippen molar-refractivity contribution in [2.45, 2.75) is 11.8 Å².